The third-order valence-electron chi connectivity index (χ3n) is 3.48. The van der Waals surface area contributed by atoms with Crippen molar-refractivity contribution in [3.63, 3.8) is 0 Å². The van der Waals surface area contributed by atoms with Crippen LogP contribution in [-0.4, -0.2) is 25.8 Å². The average molecular weight is 298 g/mol. The van der Waals surface area contributed by atoms with Crippen molar-refractivity contribution in [3.8, 4) is 5.75 Å². The van der Waals surface area contributed by atoms with E-state index in [1.54, 1.807) is 12.1 Å². The second-order valence-corrected chi connectivity index (χ2v) is 5.17. The van der Waals surface area contributed by atoms with E-state index in [0.29, 0.717) is 31.1 Å². The molecule has 2 aromatic rings. The molecular formula is C18H18O4. The van der Waals surface area contributed by atoms with Gasteiger partial charge in [-0.25, -0.2) is 0 Å². The molecule has 1 aliphatic rings. The number of ether oxygens (including phenoxy) is 3. The van der Waals surface area contributed by atoms with Crippen molar-refractivity contribution in [2.45, 2.75) is 19.3 Å². The van der Waals surface area contributed by atoms with Gasteiger partial charge in [0.2, 0.25) is 0 Å². The Labute approximate surface area is 129 Å². The number of benzene rings is 2. The molecule has 4 heteroatoms. The SMILES string of the molecule is O=Cc1cccc(OCc2cccc(CC3OCCO3)c2)c1. The zero-order valence-corrected chi connectivity index (χ0v) is 12.2. The molecule has 0 amide bonds. The van der Waals surface area contributed by atoms with Crippen LogP contribution in [0.2, 0.25) is 0 Å². The summed E-state index contributed by atoms with van der Waals surface area (Å²) in [4.78, 5) is 10.8. The Morgan fingerprint density at radius 3 is 2.64 bits per heavy atom. The molecule has 0 radical (unpaired) electrons. The lowest BCUT2D eigenvalue weighted by Gasteiger charge is -2.11. The molecule has 0 atom stereocenters. The van der Waals surface area contributed by atoms with Crippen molar-refractivity contribution in [2.24, 2.45) is 0 Å². The molecule has 1 aliphatic heterocycles. The van der Waals surface area contributed by atoms with Crippen molar-refractivity contribution in [2.75, 3.05) is 13.2 Å². The van der Waals surface area contributed by atoms with Gasteiger partial charge in [-0.15, -0.1) is 0 Å². The van der Waals surface area contributed by atoms with Crippen molar-refractivity contribution in [3.05, 3.63) is 65.2 Å². The summed E-state index contributed by atoms with van der Waals surface area (Å²) in [5, 5.41) is 0. The first-order chi connectivity index (χ1) is 10.8. The van der Waals surface area contributed by atoms with E-state index in [9.17, 15) is 4.79 Å². The van der Waals surface area contributed by atoms with Crippen LogP contribution >= 0.6 is 0 Å². The topological polar surface area (TPSA) is 44.8 Å². The van der Waals surface area contributed by atoms with Gasteiger partial charge in [0.1, 0.15) is 18.6 Å². The van der Waals surface area contributed by atoms with Crippen LogP contribution in [0.4, 0.5) is 0 Å². The maximum Gasteiger partial charge on any atom is 0.161 e. The Balaban J connectivity index is 1.60. The zero-order chi connectivity index (χ0) is 15.2. The van der Waals surface area contributed by atoms with E-state index in [1.807, 2.05) is 24.3 Å². The van der Waals surface area contributed by atoms with Crippen molar-refractivity contribution in [1.82, 2.24) is 0 Å². The maximum absolute atomic E-state index is 10.8. The zero-order valence-electron chi connectivity index (χ0n) is 12.2. The summed E-state index contributed by atoms with van der Waals surface area (Å²) in [6.45, 7) is 1.80. The molecule has 0 aromatic heterocycles. The highest BCUT2D eigenvalue weighted by molar-refractivity contribution is 5.75. The van der Waals surface area contributed by atoms with Crippen molar-refractivity contribution >= 4 is 6.29 Å². The standard InChI is InChI=1S/C18H18O4/c19-12-15-4-2-6-17(10-15)22-13-16-5-1-3-14(9-16)11-18-20-7-8-21-18/h1-6,9-10,12,18H,7-8,11,13H2. The maximum atomic E-state index is 10.8. The van der Waals surface area contributed by atoms with Gasteiger partial charge >= 0.3 is 0 Å². The van der Waals surface area contributed by atoms with Crippen LogP contribution in [0.15, 0.2) is 48.5 Å². The molecule has 3 rings (SSSR count). The van der Waals surface area contributed by atoms with Crippen LogP contribution in [0, 0.1) is 0 Å². The van der Waals surface area contributed by atoms with Crippen LogP contribution in [0.3, 0.4) is 0 Å². The lowest BCUT2D eigenvalue weighted by molar-refractivity contribution is -0.0400. The summed E-state index contributed by atoms with van der Waals surface area (Å²) < 4.78 is 16.7. The minimum absolute atomic E-state index is 0.138. The van der Waals surface area contributed by atoms with Gasteiger partial charge in [-0.3, -0.25) is 4.79 Å². The lowest BCUT2D eigenvalue weighted by Crippen LogP contribution is -2.11. The highest BCUT2D eigenvalue weighted by atomic mass is 16.7. The Kier molecular flexibility index (Phi) is 4.83. The van der Waals surface area contributed by atoms with Crippen LogP contribution in [0.1, 0.15) is 21.5 Å². The first-order valence-corrected chi connectivity index (χ1v) is 7.32. The molecular weight excluding hydrogens is 280 g/mol. The van der Waals surface area contributed by atoms with Gasteiger partial charge in [0.15, 0.2) is 6.29 Å². The second-order valence-electron chi connectivity index (χ2n) is 5.17. The lowest BCUT2D eigenvalue weighted by atomic mass is 10.1. The number of rotatable bonds is 6. The molecule has 2 aromatic carbocycles. The van der Waals surface area contributed by atoms with E-state index in [4.69, 9.17) is 14.2 Å². The normalized spacial score (nSPS) is 14.9. The Morgan fingerprint density at radius 2 is 1.82 bits per heavy atom. The largest absolute Gasteiger partial charge is 0.489 e. The molecule has 22 heavy (non-hydrogen) atoms. The van der Waals surface area contributed by atoms with Crippen LogP contribution in [0.5, 0.6) is 5.75 Å². The predicted molar refractivity (Wildman–Crippen MR) is 82.0 cm³/mol. The van der Waals surface area contributed by atoms with Crippen molar-refractivity contribution < 1.29 is 19.0 Å². The van der Waals surface area contributed by atoms with Crippen LogP contribution < -0.4 is 4.74 Å². The van der Waals surface area contributed by atoms with E-state index in [1.165, 1.54) is 0 Å². The highest BCUT2D eigenvalue weighted by Gasteiger charge is 2.16. The Hall–Kier alpha value is -2.17. The van der Waals surface area contributed by atoms with E-state index in [-0.39, 0.29) is 6.29 Å². The van der Waals surface area contributed by atoms with E-state index in [2.05, 4.69) is 12.1 Å². The summed E-state index contributed by atoms with van der Waals surface area (Å²) in [6.07, 6.45) is 1.42. The summed E-state index contributed by atoms with van der Waals surface area (Å²) >= 11 is 0. The van der Waals surface area contributed by atoms with E-state index < -0.39 is 0 Å². The fraction of sp³-hybridized carbons (Fsp3) is 0.278. The van der Waals surface area contributed by atoms with E-state index >= 15 is 0 Å². The molecule has 1 heterocycles. The molecule has 0 unspecified atom stereocenters. The Bertz CT molecular complexity index is 632. The molecule has 0 saturated carbocycles. The van der Waals surface area contributed by atoms with Gasteiger partial charge < -0.3 is 14.2 Å². The number of carbonyl (C=O) groups is 1. The fourth-order valence-corrected chi connectivity index (χ4v) is 2.41. The van der Waals surface area contributed by atoms with Gasteiger partial charge in [-0.2, -0.15) is 0 Å². The average Bonchev–Trinajstić information content (AvgIpc) is 3.06. The smallest absolute Gasteiger partial charge is 0.161 e. The molecule has 1 fully saturated rings. The molecule has 0 spiro atoms. The van der Waals surface area contributed by atoms with Crippen molar-refractivity contribution in [1.29, 1.82) is 0 Å². The number of carbonyl (C=O) groups excluding carboxylic acids is 1. The predicted octanol–water partition coefficient (Wildman–Crippen LogP) is 2.99. The van der Waals surface area contributed by atoms with Gasteiger partial charge in [-0.1, -0.05) is 36.4 Å². The summed E-state index contributed by atoms with van der Waals surface area (Å²) in [7, 11) is 0. The number of aldehydes is 1. The third kappa shape index (κ3) is 3.93. The van der Waals surface area contributed by atoms with Crippen LogP contribution in [0.25, 0.3) is 0 Å². The molecule has 114 valence electrons. The van der Waals surface area contributed by atoms with E-state index in [0.717, 1.165) is 23.8 Å². The second kappa shape index (κ2) is 7.20. The Morgan fingerprint density at radius 1 is 1.05 bits per heavy atom. The summed E-state index contributed by atoms with van der Waals surface area (Å²) in [6, 6.07) is 15.3. The minimum Gasteiger partial charge on any atom is -0.489 e. The van der Waals surface area contributed by atoms with Gasteiger partial charge in [0, 0.05) is 12.0 Å². The number of hydrogen-bond donors (Lipinski definition) is 0. The summed E-state index contributed by atoms with van der Waals surface area (Å²) in [5.41, 5.74) is 2.85. The minimum atomic E-state index is -0.138. The first-order valence-electron chi connectivity index (χ1n) is 7.32. The highest BCUT2D eigenvalue weighted by Crippen LogP contribution is 2.16. The monoisotopic (exact) mass is 298 g/mol. The fourth-order valence-electron chi connectivity index (χ4n) is 2.41. The van der Waals surface area contributed by atoms with Crippen LogP contribution in [-0.2, 0) is 22.5 Å². The first kappa shape index (κ1) is 14.8. The molecule has 0 N–H and O–H groups in total. The number of hydrogen-bond acceptors (Lipinski definition) is 4. The quantitative estimate of drug-likeness (QED) is 0.769. The molecule has 4 nitrogen and oxygen atoms in total. The molecule has 0 bridgehead atoms. The molecule has 1 saturated heterocycles. The summed E-state index contributed by atoms with van der Waals surface area (Å²) in [5.74, 6) is 0.692. The van der Waals surface area contributed by atoms with Gasteiger partial charge in [-0.05, 0) is 23.3 Å². The third-order valence-corrected chi connectivity index (χ3v) is 3.48. The van der Waals surface area contributed by atoms with Gasteiger partial charge in [0.05, 0.1) is 13.2 Å². The van der Waals surface area contributed by atoms with Gasteiger partial charge in [0.25, 0.3) is 0 Å². The molecule has 0 aliphatic carbocycles.